The number of carbonyl (C=O) groups is 8. The zero-order valence-corrected chi connectivity index (χ0v) is 32.4. The zero-order chi connectivity index (χ0) is 30.2. The van der Waals surface area contributed by atoms with Crippen LogP contribution in [0.5, 0.6) is 0 Å². The van der Waals surface area contributed by atoms with Crippen molar-refractivity contribution in [2.75, 3.05) is 13.1 Å². The van der Waals surface area contributed by atoms with Gasteiger partial charge in [-0.2, -0.15) is 0 Å². The molecule has 222 valence electrons. The van der Waals surface area contributed by atoms with Gasteiger partial charge in [0.25, 0.3) is 23.6 Å². The van der Waals surface area contributed by atoms with Crippen molar-refractivity contribution < 1.29 is 117 Å². The number of carboxylic acid groups (broad SMARTS) is 4. The first-order chi connectivity index (χ1) is 18.8. The molecule has 0 bridgehead atoms. The van der Waals surface area contributed by atoms with E-state index in [0.29, 0.717) is 25.7 Å². The van der Waals surface area contributed by atoms with Gasteiger partial charge in [-0.05, 0) is 25.7 Å². The van der Waals surface area contributed by atoms with Crippen molar-refractivity contribution in [3.63, 3.8) is 0 Å². The van der Waals surface area contributed by atoms with Crippen molar-refractivity contribution in [2.24, 2.45) is 11.8 Å². The maximum absolute atomic E-state index is 11.2. The van der Waals surface area contributed by atoms with Crippen LogP contribution in [0.1, 0.15) is 38.5 Å². The Morgan fingerprint density at radius 2 is 0.837 bits per heavy atom. The first-order valence-electron chi connectivity index (χ1n) is 12.2. The topological polar surface area (TPSA) is 224 Å². The van der Waals surface area contributed by atoms with Gasteiger partial charge >= 0.3 is 23.9 Å². The molecular formula is C26H30N2O12Zn3. The van der Waals surface area contributed by atoms with Crippen molar-refractivity contribution in [1.29, 1.82) is 0 Å². The Hall–Kier alpha value is -3.01. The van der Waals surface area contributed by atoms with E-state index >= 15 is 0 Å². The predicted molar refractivity (Wildman–Crippen MR) is 135 cm³/mol. The van der Waals surface area contributed by atoms with E-state index in [9.17, 15) is 38.4 Å². The van der Waals surface area contributed by atoms with Gasteiger partial charge in [-0.15, -0.1) is 0 Å². The molecule has 2 aliphatic heterocycles. The minimum atomic E-state index is -1.20. The van der Waals surface area contributed by atoms with Gasteiger partial charge in [0, 0.05) is 108 Å². The fourth-order valence-electron chi connectivity index (χ4n) is 3.57. The van der Waals surface area contributed by atoms with Crippen molar-refractivity contribution in [2.45, 2.75) is 38.5 Å². The third-order valence-electron chi connectivity index (χ3n) is 5.67. The third-order valence-corrected chi connectivity index (χ3v) is 5.67. The van der Waals surface area contributed by atoms with Crippen molar-refractivity contribution >= 4 is 47.5 Å². The summed E-state index contributed by atoms with van der Waals surface area (Å²) >= 11 is 0. The molecule has 0 aromatic heterocycles. The summed E-state index contributed by atoms with van der Waals surface area (Å²) in [7, 11) is 0. The summed E-state index contributed by atoms with van der Waals surface area (Å²) in [5.41, 5.74) is 0. The molecule has 4 amide bonds. The molecule has 43 heavy (non-hydrogen) atoms. The Kier molecular flexibility index (Phi) is 24.2. The number of carbonyl (C=O) groups excluding carboxylic acids is 4. The van der Waals surface area contributed by atoms with Gasteiger partial charge in [0.05, 0.1) is 11.8 Å². The molecule has 0 aromatic carbocycles. The van der Waals surface area contributed by atoms with E-state index in [1.54, 1.807) is 0 Å². The van der Waals surface area contributed by atoms with Crippen molar-refractivity contribution in [1.82, 2.24) is 9.80 Å². The van der Waals surface area contributed by atoms with Crippen LogP contribution >= 0.6 is 0 Å². The SMILES string of the molecule is O=C(O)C=CC(CCCCN1C(=O)C=CC1=O)C(=O)O.O=C(O)C=CC(CCCCN1C(=O)C=CC1=O)C(=O)O.[Zn].[Zn].[Zn]. The van der Waals surface area contributed by atoms with Gasteiger partial charge in [0.2, 0.25) is 0 Å². The Bertz CT molecular complexity index is 1030. The average Bonchev–Trinajstić information content (AvgIpc) is 3.37. The Morgan fingerprint density at radius 3 is 1.07 bits per heavy atom. The minimum absolute atomic E-state index is 0. The van der Waals surface area contributed by atoms with E-state index in [2.05, 4.69) is 0 Å². The van der Waals surface area contributed by atoms with Gasteiger partial charge in [-0.3, -0.25) is 38.6 Å². The van der Waals surface area contributed by atoms with Crippen LogP contribution in [0.4, 0.5) is 0 Å². The average molecular weight is 759 g/mol. The molecule has 0 aliphatic carbocycles. The van der Waals surface area contributed by atoms with E-state index in [-0.39, 0.29) is 108 Å². The number of hydrogen-bond acceptors (Lipinski definition) is 8. The second-order valence-electron chi connectivity index (χ2n) is 8.60. The zero-order valence-electron chi connectivity index (χ0n) is 23.5. The van der Waals surface area contributed by atoms with E-state index < -0.39 is 35.7 Å². The Balaban J connectivity index is -0.000000696. The first kappa shape index (κ1) is 44.4. The fourth-order valence-corrected chi connectivity index (χ4v) is 3.57. The van der Waals surface area contributed by atoms with Gasteiger partial charge in [0.1, 0.15) is 0 Å². The summed E-state index contributed by atoms with van der Waals surface area (Å²) in [6, 6.07) is 0. The molecule has 0 spiro atoms. The maximum atomic E-state index is 11.2. The molecule has 2 atom stereocenters. The van der Waals surface area contributed by atoms with Gasteiger partial charge in [-0.1, -0.05) is 25.0 Å². The number of nitrogens with zero attached hydrogens (tertiary/aromatic N) is 2. The standard InChI is InChI=1S/2C13H15NO6.3Zn/c2*15-10-5-6-11(16)14(10)8-2-1-3-9(13(19)20)4-7-12(17)18;;;/h2*4-7,9H,1-3,8H2,(H,17,18)(H,19,20);;;. The number of aliphatic carboxylic acids is 4. The van der Waals surface area contributed by atoms with Crippen LogP contribution in [-0.4, -0.2) is 90.8 Å². The third kappa shape index (κ3) is 17.6. The van der Waals surface area contributed by atoms with Crippen LogP contribution in [0.3, 0.4) is 0 Å². The molecular weight excluding hydrogens is 728 g/mol. The molecule has 0 fully saturated rings. The van der Waals surface area contributed by atoms with Gasteiger partial charge < -0.3 is 20.4 Å². The monoisotopic (exact) mass is 754 g/mol. The van der Waals surface area contributed by atoms with Crippen LogP contribution < -0.4 is 0 Å². The van der Waals surface area contributed by atoms with E-state index in [1.165, 1.54) is 24.3 Å². The van der Waals surface area contributed by atoms with Crippen LogP contribution in [0.25, 0.3) is 0 Å². The van der Waals surface area contributed by atoms with Crippen LogP contribution in [0, 0.1) is 11.8 Å². The molecule has 17 heteroatoms. The van der Waals surface area contributed by atoms with Crippen LogP contribution in [0.2, 0.25) is 0 Å². The van der Waals surface area contributed by atoms with Crippen molar-refractivity contribution in [3.8, 4) is 0 Å². The maximum Gasteiger partial charge on any atom is 0.328 e. The molecule has 0 saturated carbocycles. The molecule has 0 radical (unpaired) electrons. The summed E-state index contributed by atoms with van der Waals surface area (Å²) in [4.78, 5) is 89.6. The second-order valence-corrected chi connectivity index (χ2v) is 8.60. The first-order valence-corrected chi connectivity index (χ1v) is 12.2. The van der Waals surface area contributed by atoms with Gasteiger partial charge in [0.15, 0.2) is 0 Å². The molecule has 0 aromatic rings. The van der Waals surface area contributed by atoms with E-state index in [4.69, 9.17) is 20.4 Å². The second kappa shape index (κ2) is 23.4. The smallest absolute Gasteiger partial charge is 0.328 e. The summed E-state index contributed by atoms with van der Waals surface area (Å²) in [6.45, 7) is 0.472. The van der Waals surface area contributed by atoms with E-state index in [0.717, 1.165) is 34.1 Å². The normalized spacial score (nSPS) is 15.0. The fraction of sp³-hybridized carbons (Fsp3) is 0.385. The quantitative estimate of drug-likeness (QED) is 0.0744. The molecule has 2 aliphatic rings. The molecule has 14 nitrogen and oxygen atoms in total. The molecule has 4 N–H and O–H groups in total. The molecule has 0 saturated heterocycles. The minimum Gasteiger partial charge on any atom is -0.481 e. The summed E-state index contributed by atoms with van der Waals surface area (Å²) in [5, 5.41) is 34.7. The number of amides is 4. The summed E-state index contributed by atoms with van der Waals surface area (Å²) < 4.78 is 0. The van der Waals surface area contributed by atoms with E-state index in [1.807, 2.05) is 0 Å². The molecule has 2 heterocycles. The number of imide groups is 2. The molecule has 2 rings (SSSR count). The predicted octanol–water partition coefficient (Wildman–Crippen LogP) is 0.839. The number of unbranched alkanes of at least 4 members (excludes halogenated alkanes) is 2. The largest absolute Gasteiger partial charge is 0.481 e. The van der Waals surface area contributed by atoms with Crippen LogP contribution in [-0.2, 0) is 96.8 Å². The van der Waals surface area contributed by atoms with Gasteiger partial charge in [-0.25, -0.2) is 9.59 Å². The number of rotatable bonds is 16. The summed E-state index contributed by atoms with van der Waals surface area (Å²) in [6.07, 6.45) is 11.0. The number of carboxylic acids is 4. The number of hydrogen-bond donors (Lipinski definition) is 4. The summed E-state index contributed by atoms with van der Waals surface area (Å²) in [5.74, 6) is -7.82. The van der Waals surface area contributed by atoms with Crippen LogP contribution in [0.15, 0.2) is 48.6 Å². The molecule has 2 unspecified atom stereocenters. The Labute approximate surface area is 285 Å². The Morgan fingerprint density at radius 1 is 0.558 bits per heavy atom. The van der Waals surface area contributed by atoms with Crippen molar-refractivity contribution in [3.05, 3.63) is 48.6 Å².